The van der Waals surface area contributed by atoms with Gasteiger partial charge >= 0.3 is 6.09 Å². The number of rotatable bonds is 3. The van der Waals surface area contributed by atoms with Crippen LogP contribution in [0.2, 0.25) is 0 Å². The first kappa shape index (κ1) is 8.33. The first-order valence-corrected chi connectivity index (χ1v) is 3.93. The summed E-state index contributed by atoms with van der Waals surface area (Å²) in [6.45, 7) is 3.50. The van der Waals surface area contributed by atoms with Crippen molar-refractivity contribution < 1.29 is 9.53 Å². The molecule has 0 saturated carbocycles. The predicted molar refractivity (Wildman–Crippen MR) is 41.2 cm³/mol. The van der Waals surface area contributed by atoms with Crippen LogP contribution in [-0.2, 0) is 4.74 Å². The van der Waals surface area contributed by atoms with Crippen LogP contribution in [0.5, 0.6) is 0 Å². The average Bonchev–Trinajstić information content (AvgIpc) is 2.39. The van der Waals surface area contributed by atoms with Gasteiger partial charge in [0, 0.05) is 6.54 Å². The SMILES string of the molecule is NC(=O)OCCN1CCCC1. The Morgan fingerprint density at radius 1 is 1.45 bits per heavy atom. The Balaban J connectivity index is 1.98. The van der Waals surface area contributed by atoms with Crippen LogP contribution < -0.4 is 5.73 Å². The van der Waals surface area contributed by atoms with E-state index in [4.69, 9.17) is 5.73 Å². The van der Waals surface area contributed by atoms with Crippen LogP contribution in [-0.4, -0.2) is 37.2 Å². The van der Waals surface area contributed by atoms with Gasteiger partial charge in [0.2, 0.25) is 0 Å². The first-order chi connectivity index (χ1) is 5.29. The van der Waals surface area contributed by atoms with Crippen LogP contribution in [0.25, 0.3) is 0 Å². The van der Waals surface area contributed by atoms with Crippen molar-refractivity contribution >= 4 is 6.09 Å². The quantitative estimate of drug-likeness (QED) is 0.637. The molecule has 4 nitrogen and oxygen atoms in total. The van der Waals surface area contributed by atoms with Crippen LogP contribution in [0.4, 0.5) is 4.79 Å². The Hall–Kier alpha value is -0.770. The normalized spacial score (nSPS) is 18.5. The summed E-state index contributed by atoms with van der Waals surface area (Å²) in [4.78, 5) is 12.4. The lowest BCUT2D eigenvalue weighted by Crippen LogP contribution is -2.26. The molecule has 1 saturated heterocycles. The van der Waals surface area contributed by atoms with Gasteiger partial charge < -0.3 is 10.5 Å². The van der Waals surface area contributed by atoms with Gasteiger partial charge in [-0.15, -0.1) is 0 Å². The van der Waals surface area contributed by atoms with Crippen molar-refractivity contribution in [3.8, 4) is 0 Å². The van der Waals surface area contributed by atoms with E-state index in [1.54, 1.807) is 0 Å². The van der Waals surface area contributed by atoms with Crippen LogP contribution in [0.3, 0.4) is 0 Å². The fraction of sp³-hybridized carbons (Fsp3) is 0.857. The third-order valence-electron chi connectivity index (χ3n) is 1.85. The van der Waals surface area contributed by atoms with Crippen LogP contribution in [0, 0.1) is 0 Å². The molecule has 0 aromatic rings. The molecule has 0 radical (unpaired) electrons. The summed E-state index contributed by atoms with van der Waals surface area (Å²) in [6, 6.07) is 0. The lowest BCUT2D eigenvalue weighted by atomic mass is 10.4. The van der Waals surface area contributed by atoms with E-state index in [2.05, 4.69) is 9.64 Å². The van der Waals surface area contributed by atoms with E-state index in [0.29, 0.717) is 6.61 Å². The molecule has 0 aromatic heterocycles. The molecule has 11 heavy (non-hydrogen) atoms. The number of amides is 1. The summed E-state index contributed by atoms with van der Waals surface area (Å²) in [5.74, 6) is 0. The molecule has 0 bridgehead atoms. The molecular weight excluding hydrogens is 144 g/mol. The Morgan fingerprint density at radius 3 is 2.64 bits per heavy atom. The number of carbonyl (C=O) groups is 1. The Bertz CT molecular complexity index is 132. The van der Waals surface area contributed by atoms with Crippen molar-refractivity contribution in [3.63, 3.8) is 0 Å². The van der Waals surface area contributed by atoms with E-state index in [1.165, 1.54) is 12.8 Å². The molecule has 0 aliphatic carbocycles. The molecule has 1 aliphatic heterocycles. The second-order valence-electron chi connectivity index (χ2n) is 2.72. The van der Waals surface area contributed by atoms with Gasteiger partial charge in [-0.05, 0) is 25.9 Å². The summed E-state index contributed by atoms with van der Waals surface area (Å²) in [5, 5.41) is 0. The third kappa shape index (κ3) is 3.23. The van der Waals surface area contributed by atoms with Gasteiger partial charge in [0.1, 0.15) is 6.61 Å². The zero-order valence-electron chi connectivity index (χ0n) is 6.58. The van der Waals surface area contributed by atoms with Crippen molar-refractivity contribution in [1.29, 1.82) is 0 Å². The number of hydrogen-bond acceptors (Lipinski definition) is 3. The number of nitrogens with zero attached hydrogens (tertiary/aromatic N) is 1. The number of primary amides is 1. The van der Waals surface area contributed by atoms with Gasteiger partial charge in [-0.25, -0.2) is 4.79 Å². The Kier molecular flexibility index (Phi) is 3.16. The summed E-state index contributed by atoms with van der Waals surface area (Å²) < 4.78 is 4.60. The number of hydrogen-bond donors (Lipinski definition) is 1. The zero-order valence-corrected chi connectivity index (χ0v) is 6.58. The summed E-state index contributed by atoms with van der Waals surface area (Å²) in [6.07, 6.45) is 1.84. The van der Waals surface area contributed by atoms with E-state index < -0.39 is 6.09 Å². The first-order valence-electron chi connectivity index (χ1n) is 3.93. The molecule has 1 amide bonds. The second kappa shape index (κ2) is 4.18. The topological polar surface area (TPSA) is 55.6 Å². The number of nitrogens with two attached hydrogens (primary N) is 1. The minimum Gasteiger partial charge on any atom is -0.448 e. The molecule has 0 atom stereocenters. The molecule has 2 N–H and O–H groups in total. The Labute approximate surface area is 66.3 Å². The summed E-state index contributed by atoms with van der Waals surface area (Å²) >= 11 is 0. The third-order valence-corrected chi connectivity index (χ3v) is 1.85. The number of ether oxygens (including phenoxy) is 1. The minimum absolute atomic E-state index is 0.426. The second-order valence-corrected chi connectivity index (χ2v) is 2.72. The van der Waals surface area contributed by atoms with Crippen molar-refractivity contribution in [2.75, 3.05) is 26.2 Å². The molecule has 1 fully saturated rings. The Morgan fingerprint density at radius 2 is 2.09 bits per heavy atom. The predicted octanol–water partition coefficient (Wildman–Crippen LogP) is 0.177. The lowest BCUT2D eigenvalue weighted by Gasteiger charge is -2.12. The zero-order chi connectivity index (χ0) is 8.10. The maximum absolute atomic E-state index is 10.2. The van der Waals surface area contributed by atoms with Crippen molar-refractivity contribution in [1.82, 2.24) is 4.90 Å². The average molecular weight is 158 g/mol. The van der Waals surface area contributed by atoms with Gasteiger partial charge in [0.15, 0.2) is 0 Å². The van der Waals surface area contributed by atoms with Crippen LogP contribution in [0.15, 0.2) is 0 Å². The maximum atomic E-state index is 10.2. The van der Waals surface area contributed by atoms with Crippen molar-refractivity contribution in [2.24, 2.45) is 5.73 Å². The largest absolute Gasteiger partial charge is 0.448 e. The molecular formula is C7H14N2O2. The monoisotopic (exact) mass is 158 g/mol. The molecule has 4 heteroatoms. The smallest absolute Gasteiger partial charge is 0.404 e. The van der Waals surface area contributed by atoms with Crippen molar-refractivity contribution in [2.45, 2.75) is 12.8 Å². The minimum atomic E-state index is -0.677. The fourth-order valence-corrected chi connectivity index (χ4v) is 1.28. The molecule has 0 spiro atoms. The van der Waals surface area contributed by atoms with Crippen LogP contribution in [0.1, 0.15) is 12.8 Å². The van der Waals surface area contributed by atoms with E-state index in [-0.39, 0.29) is 0 Å². The van der Waals surface area contributed by atoms with E-state index in [1.807, 2.05) is 0 Å². The molecule has 1 heterocycles. The highest BCUT2D eigenvalue weighted by Gasteiger charge is 2.10. The molecule has 0 aromatic carbocycles. The molecule has 0 unspecified atom stereocenters. The van der Waals surface area contributed by atoms with Crippen LogP contribution >= 0.6 is 0 Å². The summed E-state index contributed by atoms with van der Waals surface area (Å²) in [7, 11) is 0. The highest BCUT2D eigenvalue weighted by atomic mass is 16.5. The van der Waals surface area contributed by atoms with Gasteiger partial charge in [-0.2, -0.15) is 0 Å². The molecule has 1 aliphatic rings. The number of carbonyl (C=O) groups excluding carboxylic acids is 1. The van der Waals surface area contributed by atoms with Gasteiger partial charge in [0.25, 0.3) is 0 Å². The van der Waals surface area contributed by atoms with Gasteiger partial charge in [-0.1, -0.05) is 0 Å². The number of likely N-dealkylation sites (tertiary alicyclic amines) is 1. The highest BCUT2D eigenvalue weighted by Crippen LogP contribution is 2.05. The molecule has 1 rings (SSSR count). The maximum Gasteiger partial charge on any atom is 0.404 e. The van der Waals surface area contributed by atoms with E-state index >= 15 is 0 Å². The lowest BCUT2D eigenvalue weighted by molar-refractivity contribution is 0.142. The highest BCUT2D eigenvalue weighted by molar-refractivity contribution is 5.64. The van der Waals surface area contributed by atoms with Crippen molar-refractivity contribution in [3.05, 3.63) is 0 Å². The van der Waals surface area contributed by atoms with Gasteiger partial charge in [0.05, 0.1) is 0 Å². The standard InChI is InChI=1S/C7H14N2O2/c8-7(10)11-6-5-9-3-1-2-4-9/h1-6H2,(H2,8,10). The van der Waals surface area contributed by atoms with Gasteiger partial charge in [-0.3, -0.25) is 4.90 Å². The fourth-order valence-electron chi connectivity index (χ4n) is 1.28. The molecule has 64 valence electrons. The summed E-state index contributed by atoms with van der Waals surface area (Å²) in [5.41, 5.74) is 4.80. The van der Waals surface area contributed by atoms with E-state index in [9.17, 15) is 4.79 Å². The van der Waals surface area contributed by atoms with E-state index in [0.717, 1.165) is 19.6 Å².